The van der Waals surface area contributed by atoms with E-state index in [0.717, 1.165) is 12.8 Å². The first-order valence-corrected chi connectivity index (χ1v) is 6.15. The third-order valence-electron chi connectivity index (χ3n) is 3.22. The summed E-state index contributed by atoms with van der Waals surface area (Å²) in [4.78, 5) is 11.5. The third-order valence-corrected chi connectivity index (χ3v) is 3.22. The molecule has 0 aliphatic heterocycles. The average Bonchev–Trinajstić information content (AvgIpc) is 3.16. The third kappa shape index (κ3) is 3.62. The highest BCUT2D eigenvalue weighted by molar-refractivity contribution is 5.71. The van der Waals surface area contributed by atoms with Crippen LogP contribution in [0.4, 0.5) is 5.69 Å². The van der Waals surface area contributed by atoms with Crippen LogP contribution < -0.4 is 10.5 Å². The number of rotatable bonds is 6. The number of benzene rings is 1. The Hall–Kier alpha value is -2.22. The van der Waals surface area contributed by atoms with Gasteiger partial charge in [-0.05, 0) is 25.0 Å². The lowest BCUT2D eigenvalue weighted by Gasteiger charge is -2.12. The number of nitriles is 1. The molecule has 2 rings (SSSR count). The zero-order valence-corrected chi connectivity index (χ0v) is 10.6. The molecule has 0 radical (unpaired) electrons. The van der Waals surface area contributed by atoms with Gasteiger partial charge in [0.2, 0.25) is 0 Å². The molecule has 100 valence electrons. The topological polar surface area (TPSA) is 85.3 Å². The van der Waals surface area contributed by atoms with E-state index in [4.69, 9.17) is 20.5 Å². The lowest BCUT2D eigenvalue weighted by atomic mass is 10.1. The van der Waals surface area contributed by atoms with Gasteiger partial charge in [-0.1, -0.05) is 12.1 Å². The quantitative estimate of drug-likeness (QED) is 0.623. The van der Waals surface area contributed by atoms with E-state index in [2.05, 4.69) is 6.07 Å². The number of anilines is 1. The molecule has 0 bridgehead atoms. The van der Waals surface area contributed by atoms with Gasteiger partial charge in [0.25, 0.3) is 0 Å². The second-order valence-electron chi connectivity index (χ2n) is 4.82. The SMILES string of the molecule is N#CCC1(COC(=O)COc2ccccc2N)CC1. The Kier molecular flexibility index (Phi) is 3.91. The molecule has 5 heteroatoms. The second-order valence-corrected chi connectivity index (χ2v) is 4.82. The first kappa shape index (κ1) is 13.2. The Bertz CT molecular complexity index is 504. The predicted molar refractivity (Wildman–Crippen MR) is 69.2 cm³/mol. The van der Waals surface area contributed by atoms with E-state index in [1.165, 1.54) is 0 Å². The summed E-state index contributed by atoms with van der Waals surface area (Å²) in [6.07, 6.45) is 2.33. The van der Waals surface area contributed by atoms with E-state index < -0.39 is 5.97 Å². The van der Waals surface area contributed by atoms with Gasteiger partial charge in [-0.15, -0.1) is 0 Å². The number of para-hydroxylation sites is 2. The summed E-state index contributed by atoms with van der Waals surface area (Å²) >= 11 is 0. The first-order valence-electron chi connectivity index (χ1n) is 6.15. The summed E-state index contributed by atoms with van der Waals surface area (Å²) in [5, 5.41) is 8.66. The Morgan fingerprint density at radius 1 is 1.42 bits per heavy atom. The van der Waals surface area contributed by atoms with Crippen molar-refractivity contribution in [2.75, 3.05) is 18.9 Å². The summed E-state index contributed by atoms with van der Waals surface area (Å²) in [5.74, 6) is 0.0325. The highest BCUT2D eigenvalue weighted by Gasteiger charge is 2.43. The van der Waals surface area contributed by atoms with Gasteiger partial charge in [0.05, 0.1) is 18.4 Å². The number of ether oxygens (including phenoxy) is 2. The summed E-state index contributed by atoms with van der Waals surface area (Å²) in [6, 6.07) is 9.09. The van der Waals surface area contributed by atoms with E-state index >= 15 is 0 Å². The fourth-order valence-electron chi connectivity index (χ4n) is 1.74. The molecule has 0 saturated heterocycles. The van der Waals surface area contributed by atoms with Crippen molar-refractivity contribution in [3.63, 3.8) is 0 Å². The van der Waals surface area contributed by atoms with Crippen LogP contribution in [0.2, 0.25) is 0 Å². The Morgan fingerprint density at radius 3 is 2.79 bits per heavy atom. The molecule has 1 aliphatic carbocycles. The number of nitrogens with two attached hydrogens (primary N) is 1. The molecule has 19 heavy (non-hydrogen) atoms. The van der Waals surface area contributed by atoms with Gasteiger partial charge in [0.1, 0.15) is 5.75 Å². The van der Waals surface area contributed by atoms with Crippen LogP contribution in [0.15, 0.2) is 24.3 Å². The second kappa shape index (κ2) is 5.61. The number of nitrogen functional groups attached to an aromatic ring is 1. The van der Waals surface area contributed by atoms with E-state index in [0.29, 0.717) is 24.5 Å². The maximum absolute atomic E-state index is 11.5. The average molecular weight is 260 g/mol. The van der Waals surface area contributed by atoms with Crippen molar-refractivity contribution in [1.82, 2.24) is 0 Å². The first-order chi connectivity index (χ1) is 9.15. The minimum atomic E-state index is -0.438. The molecule has 1 aromatic carbocycles. The highest BCUT2D eigenvalue weighted by atomic mass is 16.6. The van der Waals surface area contributed by atoms with Crippen LogP contribution >= 0.6 is 0 Å². The van der Waals surface area contributed by atoms with Crippen LogP contribution in [0.5, 0.6) is 5.75 Å². The summed E-state index contributed by atoms with van der Waals surface area (Å²) in [7, 11) is 0. The Labute approximate surface area is 111 Å². The molecule has 0 heterocycles. The largest absolute Gasteiger partial charge is 0.480 e. The van der Waals surface area contributed by atoms with Gasteiger partial charge in [0, 0.05) is 11.8 Å². The minimum absolute atomic E-state index is 0.101. The molecule has 1 aliphatic rings. The van der Waals surface area contributed by atoms with Crippen molar-refractivity contribution in [2.24, 2.45) is 5.41 Å². The molecular formula is C14H16N2O3. The van der Waals surface area contributed by atoms with Crippen molar-refractivity contribution in [2.45, 2.75) is 19.3 Å². The maximum atomic E-state index is 11.5. The number of carbonyl (C=O) groups excluding carboxylic acids is 1. The van der Waals surface area contributed by atoms with Gasteiger partial charge >= 0.3 is 5.97 Å². The molecule has 0 spiro atoms. The standard InChI is InChI=1S/C14H16N2O3/c15-8-7-14(5-6-14)10-19-13(17)9-18-12-4-2-1-3-11(12)16/h1-4H,5-7,9-10,16H2. The van der Waals surface area contributed by atoms with Crippen LogP contribution in [0.3, 0.4) is 0 Å². The lowest BCUT2D eigenvalue weighted by molar-refractivity contribution is -0.147. The lowest BCUT2D eigenvalue weighted by Crippen LogP contribution is -2.20. The van der Waals surface area contributed by atoms with Crippen LogP contribution in [0.1, 0.15) is 19.3 Å². The van der Waals surface area contributed by atoms with E-state index in [-0.39, 0.29) is 12.0 Å². The highest BCUT2D eigenvalue weighted by Crippen LogP contribution is 2.48. The minimum Gasteiger partial charge on any atom is -0.480 e. The van der Waals surface area contributed by atoms with Gasteiger partial charge < -0.3 is 15.2 Å². The molecule has 2 N–H and O–H groups in total. The van der Waals surface area contributed by atoms with Gasteiger partial charge in [-0.3, -0.25) is 0 Å². The molecule has 0 amide bonds. The van der Waals surface area contributed by atoms with Crippen molar-refractivity contribution in [3.8, 4) is 11.8 Å². The van der Waals surface area contributed by atoms with Crippen molar-refractivity contribution in [1.29, 1.82) is 5.26 Å². The number of esters is 1. The zero-order chi connectivity index (χ0) is 13.7. The monoisotopic (exact) mass is 260 g/mol. The number of hydrogen-bond acceptors (Lipinski definition) is 5. The van der Waals surface area contributed by atoms with Crippen molar-refractivity contribution >= 4 is 11.7 Å². The molecule has 0 atom stereocenters. The number of hydrogen-bond donors (Lipinski definition) is 1. The molecule has 0 aromatic heterocycles. The van der Waals surface area contributed by atoms with E-state index in [9.17, 15) is 4.79 Å². The van der Waals surface area contributed by atoms with Crippen molar-refractivity contribution < 1.29 is 14.3 Å². The molecule has 1 saturated carbocycles. The van der Waals surface area contributed by atoms with Crippen LogP contribution in [0.25, 0.3) is 0 Å². The van der Waals surface area contributed by atoms with Crippen molar-refractivity contribution in [3.05, 3.63) is 24.3 Å². The summed E-state index contributed by atoms with van der Waals surface area (Å²) < 4.78 is 10.4. The van der Waals surface area contributed by atoms with Crippen LogP contribution in [-0.4, -0.2) is 19.2 Å². The van der Waals surface area contributed by atoms with Gasteiger partial charge in [-0.2, -0.15) is 5.26 Å². The van der Waals surface area contributed by atoms with E-state index in [1.54, 1.807) is 24.3 Å². The molecule has 1 aromatic rings. The molecule has 0 unspecified atom stereocenters. The Morgan fingerprint density at radius 2 is 2.16 bits per heavy atom. The molecular weight excluding hydrogens is 244 g/mol. The van der Waals surface area contributed by atoms with Gasteiger partial charge in [-0.25, -0.2) is 4.79 Å². The predicted octanol–water partition coefficient (Wildman–Crippen LogP) is 1.88. The zero-order valence-electron chi connectivity index (χ0n) is 10.6. The molecule has 1 fully saturated rings. The fraction of sp³-hybridized carbons (Fsp3) is 0.429. The molecule has 5 nitrogen and oxygen atoms in total. The summed E-state index contributed by atoms with van der Waals surface area (Å²) in [5.41, 5.74) is 6.07. The summed E-state index contributed by atoms with van der Waals surface area (Å²) in [6.45, 7) is 0.129. The maximum Gasteiger partial charge on any atom is 0.344 e. The number of nitrogens with zero attached hydrogens (tertiary/aromatic N) is 1. The van der Waals surface area contributed by atoms with E-state index in [1.807, 2.05) is 0 Å². The smallest absolute Gasteiger partial charge is 0.344 e. The van der Waals surface area contributed by atoms with Gasteiger partial charge in [0.15, 0.2) is 6.61 Å². The number of carbonyl (C=O) groups is 1. The Balaban J connectivity index is 1.74. The normalized spacial score (nSPS) is 15.3. The van der Waals surface area contributed by atoms with Crippen LogP contribution in [-0.2, 0) is 9.53 Å². The van der Waals surface area contributed by atoms with Crippen LogP contribution in [0, 0.1) is 16.7 Å². The fourth-order valence-corrected chi connectivity index (χ4v) is 1.74.